The van der Waals surface area contributed by atoms with Crippen molar-refractivity contribution < 1.29 is 38.1 Å². The number of allylic oxidation sites excluding steroid dienone is 1. The van der Waals surface area contributed by atoms with Gasteiger partial charge in [-0.05, 0) is 52.2 Å². The first-order chi connectivity index (χ1) is 17.6. The summed E-state index contributed by atoms with van der Waals surface area (Å²) in [5.41, 5.74) is 0.438. The Kier molecular flexibility index (Phi) is 7.64. The summed E-state index contributed by atoms with van der Waals surface area (Å²) in [7, 11) is 4.44. The number of ether oxygens (including phenoxy) is 6. The zero-order chi connectivity index (χ0) is 27.0. The van der Waals surface area contributed by atoms with E-state index >= 15 is 0 Å². The van der Waals surface area contributed by atoms with Crippen molar-refractivity contribution in [2.45, 2.75) is 69.5 Å². The van der Waals surface area contributed by atoms with Crippen LogP contribution in [0, 0.1) is 16.0 Å². The average molecular weight is 518 g/mol. The van der Waals surface area contributed by atoms with E-state index < -0.39 is 28.7 Å². The summed E-state index contributed by atoms with van der Waals surface area (Å²) < 4.78 is 34.3. The second-order valence-corrected chi connectivity index (χ2v) is 10.2. The van der Waals surface area contributed by atoms with Crippen LogP contribution < -0.4 is 9.47 Å². The Bertz CT molecular complexity index is 1110. The van der Waals surface area contributed by atoms with Gasteiger partial charge < -0.3 is 28.4 Å². The van der Waals surface area contributed by atoms with E-state index in [-0.39, 0.29) is 34.6 Å². The van der Waals surface area contributed by atoms with Crippen molar-refractivity contribution in [3.63, 3.8) is 0 Å². The van der Waals surface area contributed by atoms with Gasteiger partial charge in [0.15, 0.2) is 11.5 Å². The van der Waals surface area contributed by atoms with Gasteiger partial charge in [-0.3, -0.25) is 10.1 Å². The molecule has 10 heteroatoms. The molecule has 1 aliphatic carbocycles. The summed E-state index contributed by atoms with van der Waals surface area (Å²) in [4.78, 5) is 23.9. The summed E-state index contributed by atoms with van der Waals surface area (Å²) in [5.74, 6) is -0.181. The minimum Gasteiger partial charge on any atom is -0.493 e. The van der Waals surface area contributed by atoms with Gasteiger partial charge in [0.1, 0.15) is 23.4 Å². The number of hydrogen-bond donors (Lipinski definition) is 0. The van der Waals surface area contributed by atoms with Crippen molar-refractivity contribution in [1.29, 1.82) is 0 Å². The van der Waals surface area contributed by atoms with Crippen LogP contribution in [0.2, 0.25) is 0 Å². The van der Waals surface area contributed by atoms with E-state index in [4.69, 9.17) is 28.4 Å². The van der Waals surface area contributed by atoms with E-state index in [1.807, 2.05) is 0 Å². The van der Waals surface area contributed by atoms with Crippen LogP contribution in [-0.4, -0.2) is 68.3 Å². The highest BCUT2D eigenvalue weighted by atomic mass is 16.6. The van der Waals surface area contributed by atoms with Crippen molar-refractivity contribution >= 4 is 17.7 Å². The molecule has 1 aromatic carbocycles. The van der Waals surface area contributed by atoms with Crippen LogP contribution in [0.25, 0.3) is 6.08 Å². The number of hydrogen-bond acceptors (Lipinski definition) is 9. The number of esters is 1. The molecule has 0 amide bonds. The fraction of sp³-hybridized carbons (Fsp3) is 0.593. The van der Waals surface area contributed by atoms with Gasteiger partial charge in [0.25, 0.3) is 5.69 Å². The molecule has 0 radical (unpaired) electrons. The van der Waals surface area contributed by atoms with Crippen LogP contribution in [0.3, 0.4) is 0 Å². The molecule has 3 aliphatic rings. The Morgan fingerprint density at radius 2 is 1.89 bits per heavy atom. The number of methoxy groups -OCH3 is 3. The van der Waals surface area contributed by atoms with Crippen LogP contribution in [-0.2, 0) is 23.7 Å². The monoisotopic (exact) mass is 517 g/mol. The van der Waals surface area contributed by atoms with E-state index in [1.165, 1.54) is 44.1 Å². The van der Waals surface area contributed by atoms with Crippen LogP contribution in [0.4, 0.5) is 5.69 Å². The van der Waals surface area contributed by atoms with Crippen molar-refractivity contribution in [2.24, 2.45) is 5.92 Å². The first kappa shape index (κ1) is 27.1. The molecule has 4 rings (SSSR count). The molecule has 0 unspecified atom stereocenters. The largest absolute Gasteiger partial charge is 0.493 e. The van der Waals surface area contributed by atoms with Crippen molar-refractivity contribution in [2.75, 3.05) is 27.9 Å². The van der Waals surface area contributed by atoms with Crippen LogP contribution >= 0.6 is 0 Å². The van der Waals surface area contributed by atoms with E-state index in [9.17, 15) is 14.9 Å². The van der Waals surface area contributed by atoms with Crippen molar-refractivity contribution in [3.05, 3.63) is 45.5 Å². The molecular weight excluding hydrogens is 482 g/mol. The molecule has 6 atom stereocenters. The number of carbonyl (C=O) groups is 1. The summed E-state index contributed by atoms with van der Waals surface area (Å²) in [5, 5.41) is 11.6. The lowest BCUT2D eigenvalue weighted by Gasteiger charge is -2.42. The maximum Gasteiger partial charge on any atom is 0.331 e. The minimum absolute atomic E-state index is 0.0473. The molecule has 3 fully saturated rings. The van der Waals surface area contributed by atoms with Gasteiger partial charge in [0, 0.05) is 13.2 Å². The number of carbonyl (C=O) groups excluding carboxylic acids is 1. The van der Waals surface area contributed by atoms with Gasteiger partial charge in [-0.25, -0.2) is 4.79 Å². The molecule has 10 nitrogen and oxygen atoms in total. The lowest BCUT2D eigenvalue weighted by atomic mass is 9.68. The fourth-order valence-corrected chi connectivity index (χ4v) is 5.59. The third-order valence-electron chi connectivity index (χ3n) is 7.63. The Balaban J connectivity index is 1.50. The number of benzene rings is 1. The highest BCUT2D eigenvalue weighted by Crippen LogP contribution is 2.59. The summed E-state index contributed by atoms with van der Waals surface area (Å²) >= 11 is 0. The third kappa shape index (κ3) is 5.37. The molecule has 0 aromatic heterocycles. The molecule has 1 saturated carbocycles. The van der Waals surface area contributed by atoms with Gasteiger partial charge in [-0.2, -0.15) is 0 Å². The predicted molar refractivity (Wildman–Crippen MR) is 135 cm³/mol. The highest BCUT2D eigenvalue weighted by Gasteiger charge is 2.72. The molecule has 202 valence electrons. The molecular formula is C27H35NO9. The zero-order valence-electron chi connectivity index (χ0n) is 22.1. The molecule has 0 bridgehead atoms. The van der Waals surface area contributed by atoms with E-state index in [0.29, 0.717) is 18.8 Å². The number of nitrogens with zero attached hydrogens (tertiary/aromatic N) is 1. The van der Waals surface area contributed by atoms with Gasteiger partial charge in [0.05, 0.1) is 49.4 Å². The molecule has 1 aromatic rings. The topological polar surface area (TPSA) is 122 Å². The number of nitro groups is 1. The van der Waals surface area contributed by atoms with Gasteiger partial charge in [-0.15, -0.1) is 0 Å². The fourth-order valence-electron chi connectivity index (χ4n) is 5.59. The average Bonchev–Trinajstić information content (AvgIpc) is 3.78. The van der Waals surface area contributed by atoms with Gasteiger partial charge >= 0.3 is 5.97 Å². The zero-order valence-corrected chi connectivity index (χ0v) is 22.1. The second-order valence-electron chi connectivity index (χ2n) is 10.2. The summed E-state index contributed by atoms with van der Waals surface area (Å²) in [6, 6.07) is 2.70. The summed E-state index contributed by atoms with van der Waals surface area (Å²) in [6.45, 7) is 6.83. The second kappa shape index (κ2) is 10.4. The van der Waals surface area contributed by atoms with E-state index in [1.54, 1.807) is 7.11 Å². The minimum atomic E-state index is -0.620. The molecule has 0 N–H and O–H groups in total. The SMILES string of the molecule is COc1cc(/C=C/C(=O)O[C@@H]2CC[C@]3(CO3)[C@@H]([C@@]3(C)O[C@H]3CC=C(C)C)[C@@H]2OC)c([N+](=O)[O-])cc1OC. The van der Waals surface area contributed by atoms with Crippen LogP contribution in [0.15, 0.2) is 29.9 Å². The predicted octanol–water partition coefficient (Wildman–Crippen LogP) is 4.24. The molecule has 37 heavy (non-hydrogen) atoms. The molecule has 2 saturated heterocycles. The maximum atomic E-state index is 12.8. The third-order valence-corrected chi connectivity index (χ3v) is 7.63. The number of nitro benzene ring substituents is 1. The Labute approximate surface area is 216 Å². The molecule has 2 aliphatic heterocycles. The van der Waals surface area contributed by atoms with Crippen LogP contribution in [0.1, 0.15) is 45.6 Å². The standard InChI is InChI=1S/C27H35NO9/c1-16(2)7-9-22-26(3,37-22)25-24(34-6)19(11-12-27(25)15-35-27)36-23(29)10-8-17-13-20(32-4)21(33-5)14-18(17)28(30)31/h7-8,10,13-14,19,22,24-25H,9,11-12,15H2,1-6H3/b10-8+/t19-,22+,24-,25-,26+,27+/m1/s1. The van der Waals surface area contributed by atoms with Crippen molar-refractivity contribution in [3.8, 4) is 11.5 Å². The number of epoxide rings is 2. The normalized spacial score (nSPS) is 32.2. The smallest absolute Gasteiger partial charge is 0.331 e. The lowest BCUT2D eigenvalue weighted by Crippen LogP contribution is -2.55. The first-order valence-corrected chi connectivity index (χ1v) is 12.4. The van der Waals surface area contributed by atoms with E-state index in [0.717, 1.165) is 12.8 Å². The Hall–Kier alpha value is -2.95. The lowest BCUT2D eigenvalue weighted by molar-refractivity contribution is -0.385. The number of rotatable bonds is 10. The van der Waals surface area contributed by atoms with Gasteiger partial charge in [0.2, 0.25) is 0 Å². The van der Waals surface area contributed by atoms with E-state index in [2.05, 4.69) is 26.8 Å². The first-order valence-electron chi connectivity index (χ1n) is 12.4. The van der Waals surface area contributed by atoms with Crippen LogP contribution in [0.5, 0.6) is 11.5 Å². The molecule has 2 heterocycles. The maximum absolute atomic E-state index is 12.8. The Morgan fingerprint density at radius 3 is 2.46 bits per heavy atom. The van der Waals surface area contributed by atoms with Crippen molar-refractivity contribution in [1.82, 2.24) is 0 Å². The molecule has 1 spiro atoms. The van der Waals surface area contributed by atoms with Gasteiger partial charge in [-0.1, -0.05) is 11.6 Å². The Morgan fingerprint density at radius 1 is 1.22 bits per heavy atom. The summed E-state index contributed by atoms with van der Waals surface area (Å²) in [6.07, 6.45) is 5.94. The quantitative estimate of drug-likeness (QED) is 0.112. The highest BCUT2D eigenvalue weighted by molar-refractivity contribution is 5.88.